The van der Waals surface area contributed by atoms with E-state index >= 15 is 0 Å². The molecular weight excluding hydrogens is 308 g/mol. The first kappa shape index (κ1) is 16.6. The van der Waals surface area contributed by atoms with Gasteiger partial charge in [0.2, 0.25) is 10.0 Å². The molecule has 0 spiro atoms. The summed E-state index contributed by atoms with van der Waals surface area (Å²) in [7, 11) is -0.301. The molecule has 0 saturated heterocycles. The maximum Gasteiger partial charge on any atom is 0.242 e. The fourth-order valence-electron chi connectivity index (χ4n) is 2.75. The number of rotatable bonds is 5. The molecule has 1 aromatic carbocycles. The van der Waals surface area contributed by atoms with E-state index in [0.29, 0.717) is 10.8 Å². The van der Waals surface area contributed by atoms with E-state index < -0.39 is 10.0 Å². The molecule has 0 aliphatic heterocycles. The lowest BCUT2D eigenvalue weighted by atomic mass is 9.83. The van der Waals surface area contributed by atoms with Gasteiger partial charge in [-0.15, -0.1) is 11.6 Å². The maximum atomic E-state index is 12.0. The molecule has 0 aromatic heterocycles. The number of benzene rings is 1. The fourth-order valence-corrected chi connectivity index (χ4v) is 3.98. The number of hydrogen-bond donors (Lipinski definition) is 1. The summed E-state index contributed by atoms with van der Waals surface area (Å²) in [6, 6.07) is 6.92. The Hall–Kier alpha value is -0.780. The number of alkyl halides is 1. The summed E-state index contributed by atoms with van der Waals surface area (Å²) in [5.74, 6) is 0.574. The van der Waals surface area contributed by atoms with Crippen molar-refractivity contribution < 1.29 is 8.42 Å². The van der Waals surface area contributed by atoms with E-state index in [1.54, 1.807) is 12.1 Å². The lowest BCUT2D eigenvalue weighted by molar-refractivity contribution is 0.353. The highest BCUT2D eigenvalue weighted by Gasteiger charge is 2.31. The summed E-state index contributed by atoms with van der Waals surface area (Å²) in [5.41, 5.74) is 0.872. The van der Waals surface area contributed by atoms with Gasteiger partial charge < -0.3 is 5.32 Å². The van der Waals surface area contributed by atoms with Crippen molar-refractivity contribution in [2.24, 2.45) is 0 Å². The number of anilines is 1. The zero-order chi connectivity index (χ0) is 15.5. The molecule has 4 nitrogen and oxygen atoms in total. The van der Waals surface area contributed by atoms with Gasteiger partial charge in [-0.2, -0.15) is 0 Å². The van der Waals surface area contributed by atoms with Crippen LogP contribution in [0.2, 0.25) is 0 Å². The van der Waals surface area contributed by atoms with Crippen LogP contribution in [0.25, 0.3) is 0 Å². The van der Waals surface area contributed by atoms with E-state index in [0.717, 1.165) is 18.5 Å². The van der Waals surface area contributed by atoms with Gasteiger partial charge >= 0.3 is 0 Å². The van der Waals surface area contributed by atoms with Crippen LogP contribution in [-0.4, -0.2) is 38.2 Å². The second kappa shape index (κ2) is 6.55. The number of nitrogens with zero attached hydrogens (tertiary/aromatic N) is 1. The zero-order valence-electron chi connectivity index (χ0n) is 12.6. The number of sulfonamides is 1. The summed E-state index contributed by atoms with van der Waals surface area (Å²) in [6.07, 6.45) is 5.77. The van der Waals surface area contributed by atoms with Gasteiger partial charge in [-0.25, -0.2) is 12.7 Å². The summed E-state index contributed by atoms with van der Waals surface area (Å²) in [4.78, 5) is 0.307. The summed E-state index contributed by atoms with van der Waals surface area (Å²) in [5, 5.41) is 3.51. The van der Waals surface area contributed by atoms with E-state index in [4.69, 9.17) is 11.6 Å². The summed E-state index contributed by atoms with van der Waals surface area (Å²) < 4.78 is 25.3. The molecule has 1 aromatic rings. The molecule has 0 atom stereocenters. The second-order valence-electron chi connectivity index (χ2n) is 5.91. The Balaban J connectivity index is 2.16. The first-order valence-corrected chi connectivity index (χ1v) is 9.24. The highest BCUT2D eigenvalue weighted by molar-refractivity contribution is 7.89. The molecule has 1 aliphatic rings. The number of halogens is 1. The topological polar surface area (TPSA) is 49.4 Å². The van der Waals surface area contributed by atoms with Crippen LogP contribution in [0.1, 0.15) is 32.1 Å². The van der Waals surface area contributed by atoms with Crippen molar-refractivity contribution in [1.29, 1.82) is 0 Å². The van der Waals surface area contributed by atoms with Gasteiger partial charge in [-0.1, -0.05) is 19.3 Å². The van der Waals surface area contributed by atoms with Gasteiger partial charge in [0.15, 0.2) is 0 Å². The summed E-state index contributed by atoms with van der Waals surface area (Å²) in [6.45, 7) is 0. The van der Waals surface area contributed by atoms with Crippen LogP contribution >= 0.6 is 11.6 Å². The molecule has 1 N–H and O–H groups in total. The molecule has 0 bridgehead atoms. The Morgan fingerprint density at radius 3 is 2.19 bits per heavy atom. The molecule has 0 unspecified atom stereocenters. The monoisotopic (exact) mass is 330 g/mol. The molecule has 21 heavy (non-hydrogen) atoms. The Bertz CT molecular complexity index is 564. The normalized spacial score (nSPS) is 18.7. The minimum atomic E-state index is -3.37. The van der Waals surface area contributed by atoms with E-state index in [2.05, 4.69) is 5.32 Å². The number of nitrogens with one attached hydrogen (secondary N) is 1. The smallest absolute Gasteiger partial charge is 0.242 e. The highest BCUT2D eigenvalue weighted by Crippen LogP contribution is 2.33. The van der Waals surface area contributed by atoms with Crippen molar-refractivity contribution in [3.05, 3.63) is 24.3 Å². The molecule has 0 heterocycles. The third-order valence-electron chi connectivity index (χ3n) is 4.11. The fraction of sp³-hybridized carbons (Fsp3) is 0.600. The van der Waals surface area contributed by atoms with Gasteiger partial charge in [0, 0.05) is 25.7 Å². The van der Waals surface area contributed by atoms with Gasteiger partial charge in [-0.3, -0.25) is 0 Å². The zero-order valence-corrected chi connectivity index (χ0v) is 14.2. The Kier molecular flexibility index (Phi) is 5.17. The van der Waals surface area contributed by atoms with Crippen molar-refractivity contribution >= 4 is 27.3 Å². The van der Waals surface area contributed by atoms with E-state index in [1.165, 1.54) is 37.7 Å². The highest BCUT2D eigenvalue weighted by atomic mass is 35.5. The first-order valence-electron chi connectivity index (χ1n) is 7.26. The predicted octanol–water partition coefficient (Wildman–Crippen LogP) is 3.29. The average molecular weight is 331 g/mol. The summed E-state index contributed by atoms with van der Waals surface area (Å²) >= 11 is 6.17. The molecule has 1 aliphatic carbocycles. The SMILES string of the molecule is CN(C)S(=O)(=O)c1ccc(NC2(CCl)CCCCC2)cc1. The van der Waals surface area contributed by atoms with Crippen LogP contribution in [0.3, 0.4) is 0 Å². The van der Waals surface area contributed by atoms with Crippen LogP contribution in [0, 0.1) is 0 Å². The van der Waals surface area contributed by atoms with Crippen molar-refractivity contribution in [2.75, 3.05) is 25.3 Å². The molecule has 118 valence electrons. The minimum Gasteiger partial charge on any atom is -0.378 e. The lowest BCUT2D eigenvalue weighted by Gasteiger charge is -2.37. The van der Waals surface area contributed by atoms with Gasteiger partial charge in [-0.05, 0) is 37.1 Å². The Morgan fingerprint density at radius 1 is 1.14 bits per heavy atom. The van der Waals surface area contributed by atoms with Crippen LogP contribution in [0.5, 0.6) is 0 Å². The van der Waals surface area contributed by atoms with Crippen molar-refractivity contribution in [2.45, 2.75) is 42.5 Å². The molecule has 0 amide bonds. The predicted molar refractivity (Wildman–Crippen MR) is 87.5 cm³/mol. The first-order chi connectivity index (χ1) is 9.89. The molecule has 6 heteroatoms. The van der Waals surface area contributed by atoms with E-state index in [1.807, 2.05) is 12.1 Å². The van der Waals surface area contributed by atoms with E-state index in [9.17, 15) is 8.42 Å². The molecule has 0 radical (unpaired) electrons. The van der Waals surface area contributed by atoms with Crippen LogP contribution in [0.15, 0.2) is 29.2 Å². The molecular formula is C15H23ClN2O2S. The molecule has 2 rings (SSSR count). The Morgan fingerprint density at radius 2 is 1.71 bits per heavy atom. The molecule has 1 fully saturated rings. The average Bonchev–Trinajstić information content (AvgIpc) is 2.48. The van der Waals surface area contributed by atoms with Crippen molar-refractivity contribution in [3.63, 3.8) is 0 Å². The van der Waals surface area contributed by atoms with Crippen LogP contribution in [-0.2, 0) is 10.0 Å². The Labute approximate surface area is 132 Å². The van der Waals surface area contributed by atoms with E-state index in [-0.39, 0.29) is 5.54 Å². The largest absolute Gasteiger partial charge is 0.378 e. The number of hydrogen-bond acceptors (Lipinski definition) is 3. The van der Waals surface area contributed by atoms with Crippen LogP contribution < -0.4 is 5.32 Å². The van der Waals surface area contributed by atoms with Gasteiger partial charge in [0.25, 0.3) is 0 Å². The van der Waals surface area contributed by atoms with Crippen molar-refractivity contribution in [3.8, 4) is 0 Å². The minimum absolute atomic E-state index is 0.0538. The third-order valence-corrected chi connectivity index (χ3v) is 6.45. The maximum absolute atomic E-state index is 12.0. The van der Waals surface area contributed by atoms with Crippen LogP contribution in [0.4, 0.5) is 5.69 Å². The standard InChI is InChI=1S/C15H23ClN2O2S/c1-18(2)21(19,20)14-8-6-13(7-9-14)17-15(12-16)10-4-3-5-11-15/h6-9,17H,3-5,10-12H2,1-2H3. The lowest BCUT2D eigenvalue weighted by Crippen LogP contribution is -2.42. The molecule has 1 saturated carbocycles. The third kappa shape index (κ3) is 3.71. The van der Waals surface area contributed by atoms with Crippen molar-refractivity contribution in [1.82, 2.24) is 4.31 Å². The van der Waals surface area contributed by atoms with Gasteiger partial charge in [0.1, 0.15) is 0 Å². The quantitative estimate of drug-likeness (QED) is 0.843. The van der Waals surface area contributed by atoms with Gasteiger partial charge in [0.05, 0.1) is 10.4 Å². The second-order valence-corrected chi connectivity index (χ2v) is 8.33.